The SMILES string of the molecule is Cc1cccc(Nc2nccc(-c3sc(N(C)c4ccc(Cl)c(Cl)c4)nc3C)n2)c1. The van der Waals surface area contributed by atoms with Gasteiger partial charge in [-0.3, -0.25) is 0 Å². The Kier molecular flexibility index (Phi) is 5.90. The molecule has 2 aromatic heterocycles. The fourth-order valence-electron chi connectivity index (χ4n) is 2.96. The Hall–Kier alpha value is -2.67. The van der Waals surface area contributed by atoms with Gasteiger partial charge in [0.25, 0.3) is 0 Å². The van der Waals surface area contributed by atoms with Crippen LogP contribution in [-0.4, -0.2) is 22.0 Å². The number of thiazole rings is 1. The molecule has 0 saturated carbocycles. The normalized spacial score (nSPS) is 10.8. The third-order valence-corrected chi connectivity index (χ3v) is 6.52. The van der Waals surface area contributed by atoms with Gasteiger partial charge in [0.2, 0.25) is 5.95 Å². The molecule has 2 aromatic carbocycles. The Labute approximate surface area is 189 Å². The number of aromatic nitrogens is 3. The molecular weight excluding hydrogens is 437 g/mol. The molecule has 0 unspecified atom stereocenters. The van der Waals surface area contributed by atoms with Crippen LogP contribution in [0.2, 0.25) is 10.0 Å². The van der Waals surface area contributed by atoms with E-state index < -0.39 is 0 Å². The highest BCUT2D eigenvalue weighted by atomic mass is 35.5. The Balaban J connectivity index is 1.62. The van der Waals surface area contributed by atoms with Crippen molar-refractivity contribution in [2.24, 2.45) is 0 Å². The van der Waals surface area contributed by atoms with Crippen molar-refractivity contribution in [2.45, 2.75) is 13.8 Å². The molecule has 0 fully saturated rings. The van der Waals surface area contributed by atoms with Gasteiger partial charge in [-0.1, -0.05) is 46.7 Å². The molecule has 0 bridgehead atoms. The minimum Gasteiger partial charge on any atom is -0.324 e. The monoisotopic (exact) mass is 455 g/mol. The fraction of sp³-hybridized carbons (Fsp3) is 0.136. The summed E-state index contributed by atoms with van der Waals surface area (Å²) in [6, 6.07) is 15.5. The fourth-order valence-corrected chi connectivity index (χ4v) is 4.28. The molecule has 0 saturated heterocycles. The molecule has 4 aromatic rings. The van der Waals surface area contributed by atoms with Gasteiger partial charge in [-0.2, -0.15) is 0 Å². The average Bonchev–Trinajstić information content (AvgIpc) is 3.11. The predicted molar refractivity (Wildman–Crippen MR) is 127 cm³/mol. The predicted octanol–water partition coefficient (Wildman–Crippen LogP) is 7.04. The molecule has 1 N–H and O–H groups in total. The van der Waals surface area contributed by atoms with Crippen molar-refractivity contribution >= 4 is 57.0 Å². The van der Waals surface area contributed by atoms with E-state index in [2.05, 4.69) is 29.4 Å². The summed E-state index contributed by atoms with van der Waals surface area (Å²) in [4.78, 5) is 16.7. The lowest BCUT2D eigenvalue weighted by Crippen LogP contribution is -2.08. The first-order valence-corrected chi connectivity index (χ1v) is 10.8. The van der Waals surface area contributed by atoms with Crippen LogP contribution >= 0.6 is 34.5 Å². The largest absolute Gasteiger partial charge is 0.324 e. The molecule has 0 aliphatic heterocycles. The zero-order valence-corrected chi connectivity index (χ0v) is 19.0. The van der Waals surface area contributed by atoms with Gasteiger partial charge in [-0.15, -0.1) is 0 Å². The number of halogens is 2. The van der Waals surface area contributed by atoms with Crippen molar-refractivity contribution in [3.8, 4) is 10.6 Å². The number of hydrogen-bond acceptors (Lipinski definition) is 6. The molecule has 0 aliphatic carbocycles. The van der Waals surface area contributed by atoms with E-state index in [9.17, 15) is 0 Å². The standard InChI is InChI=1S/C22H19Cl2N5S/c1-13-5-4-6-15(11-13)27-21-25-10-9-19(28-21)20-14(2)26-22(30-20)29(3)16-7-8-17(23)18(24)12-16/h4-12H,1-3H3,(H,25,27,28). The maximum atomic E-state index is 6.17. The van der Waals surface area contributed by atoms with Gasteiger partial charge in [0.1, 0.15) is 0 Å². The topological polar surface area (TPSA) is 53.9 Å². The van der Waals surface area contributed by atoms with Crippen molar-refractivity contribution in [3.63, 3.8) is 0 Å². The quantitative estimate of drug-likeness (QED) is 0.349. The van der Waals surface area contributed by atoms with E-state index in [1.165, 1.54) is 5.56 Å². The first kappa shape index (κ1) is 20.6. The van der Waals surface area contributed by atoms with Crippen LogP contribution in [-0.2, 0) is 0 Å². The second-order valence-corrected chi connectivity index (χ2v) is 8.62. The van der Waals surface area contributed by atoms with Crippen LogP contribution in [0.15, 0.2) is 54.7 Å². The molecule has 0 atom stereocenters. The van der Waals surface area contributed by atoms with Gasteiger partial charge in [-0.05, 0) is 55.8 Å². The van der Waals surface area contributed by atoms with Crippen LogP contribution in [0.1, 0.15) is 11.3 Å². The second-order valence-electron chi connectivity index (χ2n) is 6.83. The van der Waals surface area contributed by atoms with E-state index in [1.54, 1.807) is 23.6 Å². The lowest BCUT2D eigenvalue weighted by atomic mass is 10.2. The minimum absolute atomic E-state index is 0.511. The Morgan fingerprint density at radius 1 is 0.967 bits per heavy atom. The van der Waals surface area contributed by atoms with E-state index >= 15 is 0 Å². The van der Waals surface area contributed by atoms with Gasteiger partial charge >= 0.3 is 0 Å². The van der Waals surface area contributed by atoms with Crippen LogP contribution in [0.3, 0.4) is 0 Å². The maximum absolute atomic E-state index is 6.17. The lowest BCUT2D eigenvalue weighted by Gasteiger charge is -2.16. The second kappa shape index (κ2) is 8.60. The van der Waals surface area contributed by atoms with Crippen LogP contribution in [0.25, 0.3) is 10.6 Å². The molecule has 0 aliphatic rings. The lowest BCUT2D eigenvalue weighted by molar-refractivity contribution is 1.13. The highest BCUT2D eigenvalue weighted by Gasteiger charge is 2.16. The highest BCUT2D eigenvalue weighted by molar-refractivity contribution is 7.19. The third-order valence-electron chi connectivity index (χ3n) is 4.53. The van der Waals surface area contributed by atoms with E-state index in [0.717, 1.165) is 32.8 Å². The van der Waals surface area contributed by atoms with E-state index in [0.29, 0.717) is 16.0 Å². The number of aryl methyl sites for hydroxylation is 2. The summed E-state index contributed by atoms with van der Waals surface area (Å²) in [5.41, 5.74) is 4.76. The van der Waals surface area contributed by atoms with Crippen LogP contribution in [0, 0.1) is 13.8 Å². The molecule has 8 heteroatoms. The third kappa shape index (κ3) is 4.41. The van der Waals surface area contributed by atoms with Crippen LogP contribution in [0.4, 0.5) is 22.5 Å². The number of anilines is 4. The molecule has 2 heterocycles. The molecule has 0 amide bonds. The molecule has 4 rings (SSSR count). The first-order valence-electron chi connectivity index (χ1n) is 9.24. The van der Waals surface area contributed by atoms with Crippen molar-refractivity contribution in [3.05, 3.63) is 76.0 Å². The van der Waals surface area contributed by atoms with Crippen molar-refractivity contribution in [1.82, 2.24) is 15.0 Å². The van der Waals surface area contributed by atoms with Crippen molar-refractivity contribution in [1.29, 1.82) is 0 Å². The van der Waals surface area contributed by atoms with E-state index in [-0.39, 0.29) is 0 Å². The summed E-state index contributed by atoms with van der Waals surface area (Å²) in [6.07, 6.45) is 1.75. The van der Waals surface area contributed by atoms with Gasteiger partial charge in [0.05, 0.1) is 26.3 Å². The summed E-state index contributed by atoms with van der Waals surface area (Å²) in [5, 5.41) is 5.14. The Bertz CT molecular complexity index is 1210. The molecule has 30 heavy (non-hydrogen) atoms. The molecule has 0 radical (unpaired) electrons. The minimum atomic E-state index is 0.511. The number of nitrogens with zero attached hydrogens (tertiary/aromatic N) is 4. The average molecular weight is 456 g/mol. The van der Waals surface area contributed by atoms with Gasteiger partial charge < -0.3 is 10.2 Å². The first-order chi connectivity index (χ1) is 14.4. The summed E-state index contributed by atoms with van der Waals surface area (Å²) < 4.78 is 0. The summed E-state index contributed by atoms with van der Waals surface area (Å²) in [7, 11) is 1.95. The summed E-state index contributed by atoms with van der Waals surface area (Å²) in [5.74, 6) is 0.547. The number of rotatable bonds is 5. The Morgan fingerprint density at radius 3 is 2.57 bits per heavy atom. The number of hydrogen-bond donors (Lipinski definition) is 1. The highest BCUT2D eigenvalue weighted by Crippen LogP contribution is 2.37. The molecule has 5 nitrogen and oxygen atoms in total. The zero-order chi connectivity index (χ0) is 21.3. The molecular formula is C22H19Cl2N5S. The summed E-state index contributed by atoms with van der Waals surface area (Å²) >= 11 is 13.8. The maximum Gasteiger partial charge on any atom is 0.227 e. The van der Waals surface area contributed by atoms with Gasteiger partial charge in [-0.25, -0.2) is 15.0 Å². The smallest absolute Gasteiger partial charge is 0.227 e. The van der Waals surface area contributed by atoms with E-state index in [1.807, 2.05) is 49.2 Å². The van der Waals surface area contributed by atoms with Gasteiger partial charge in [0.15, 0.2) is 5.13 Å². The molecule has 152 valence electrons. The number of benzene rings is 2. The molecule has 0 spiro atoms. The van der Waals surface area contributed by atoms with Crippen molar-refractivity contribution in [2.75, 3.05) is 17.3 Å². The summed E-state index contributed by atoms with van der Waals surface area (Å²) in [6.45, 7) is 4.03. The van der Waals surface area contributed by atoms with Crippen molar-refractivity contribution < 1.29 is 0 Å². The van der Waals surface area contributed by atoms with Gasteiger partial charge in [0, 0.05) is 24.6 Å². The zero-order valence-electron chi connectivity index (χ0n) is 16.6. The van der Waals surface area contributed by atoms with E-state index in [4.69, 9.17) is 33.2 Å². The van der Waals surface area contributed by atoms with Crippen LogP contribution in [0.5, 0.6) is 0 Å². The Morgan fingerprint density at radius 2 is 1.80 bits per heavy atom. The van der Waals surface area contributed by atoms with Crippen LogP contribution < -0.4 is 10.2 Å². The number of nitrogens with one attached hydrogen (secondary N) is 1.